The van der Waals surface area contributed by atoms with Crippen molar-refractivity contribution in [1.82, 2.24) is 0 Å². The molecule has 7 heteroatoms. The average molecular weight is 509 g/mol. The van der Waals surface area contributed by atoms with Crippen LogP contribution >= 0.6 is 39.1 Å². The van der Waals surface area contributed by atoms with Crippen LogP contribution in [0.1, 0.15) is 28.4 Å². The fourth-order valence-electron chi connectivity index (χ4n) is 2.72. The third-order valence-corrected chi connectivity index (χ3v) is 5.58. The van der Waals surface area contributed by atoms with Gasteiger partial charge in [0.25, 0.3) is 5.91 Å². The predicted octanol–water partition coefficient (Wildman–Crippen LogP) is 7.29. The quantitative estimate of drug-likeness (QED) is 0.364. The van der Waals surface area contributed by atoms with E-state index in [0.29, 0.717) is 50.5 Å². The molecule has 0 spiro atoms. The van der Waals surface area contributed by atoms with Gasteiger partial charge in [-0.1, -0.05) is 53.0 Å². The van der Waals surface area contributed by atoms with Gasteiger partial charge in [-0.25, -0.2) is 0 Å². The van der Waals surface area contributed by atoms with Gasteiger partial charge in [0.15, 0.2) is 11.5 Å². The number of anilines is 1. The molecule has 0 heterocycles. The minimum absolute atomic E-state index is 0.305. The Morgan fingerprint density at radius 3 is 2.40 bits per heavy atom. The Labute approximate surface area is 194 Å². The zero-order chi connectivity index (χ0) is 21.7. The number of hydrogen-bond donors (Lipinski definition) is 1. The van der Waals surface area contributed by atoms with Gasteiger partial charge in [-0.2, -0.15) is 0 Å². The molecule has 0 aliphatic rings. The summed E-state index contributed by atoms with van der Waals surface area (Å²) >= 11 is 15.5. The van der Waals surface area contributed by atoms with Crippen LogP contribution in [0.25, 0.3) is 0 Å². The second-order valence-electron chi connectivity index (χ2n) is 6.58. The fourth-order valence-corrected chi connectivity index (χ4v) is 3.57. The lowest BCUT2D eigenvalue weighted by atomic mass is 10.1. The monoisotopic (exact) mass is 507 g/mol. The van der Waals surface area contributed by atoms with Crippen molar-refractivity contribution < 1.29 is 14.3 Å². The standard InChI is InChI=1S/C23H20BrCl2NO3/c1-3-29-21-11-16(23(28)27-17-8-9-19(25)20(26)12-17)10-18(24)22(21)30-13-15-6-4-14(2)5-7-15/h4-12H,3,13H2,1-2H3,(H,27,28). The van der Waals surface area contributed by atoms with Crippen molar-refractivity contribution in [2.24, 2.45) is 0 Å². The lowest BCUT2D eigenvalue weighted by molar-refractivity contribution is 0.102. The molecule has 1 amide bonds. The first-order valence-corrected chi connectivity index (χ1v) is 10.8. The number of carbonyl (C=O) groups is 1. The Morgan fingerprint density at radius 1 is 1.00 bits per heavy atom. The molecule has 0 aliphatic carbocycles. The van der Waals surface area contributed by atoms with Gasteiger partial charge in [-0.15, -0.1) is 0 Å². The van der Waals surface area contributed by atoms with Crippen LogP contribution in [0.4, 0.5) is 5.69 Å². The molecular weight excluding hydrogens is 489 g/mol. The number of hydrogen-bond acceptors (Lipinski definition) is 3. The van der Waals surface area contributed by atoms with Crippen molar-refractivity contribution in [1.29, 1.82) is 0 Å². The zero-order valence-corrected chi connectivity index (χ0v) is 19.6. The van der Waals surface area contributed by atoms with Gasteiger partial charge in [-0.3, -0.25) is 4.79 Å². The van der Waals surface area contributed by atoms with E-state index in [4.69, 9.17) is 32.7 Å². The van der Waals surface area contributed by atoms with E-state index < -0.39 is 0 Å². The molecule has 0 unspecified atom stereocenters. The fraction of sp³-hybridized carbons (Fsp3) is 0.174. The molecule has 0 bridgehead atoms. The molecule has 30 heavy (non-hydrogen) atoms. The minimum Gasteiger partial charge on any atom is -0.490 e. The van der Waals surface area contributed by atoms with Crippen molar-refractivity contribution in [2.75, 3.05) is 11.9 Å². The number of halogens is 3. The number of benzene rings is 3. The molecule has 156 valence electrons. The molecule has 3 aromatic rings. The smallest absolute Gasteiger partial charge is 0.255 e. The lowest BCUT2D eigenvalue weighted by Crippen LogP contribution is -2.12. The highest BCUT2D eigenvalue weighted by atomic mass is 79.9. The normalized spacial score (nSPS) is 10.6. The van der Waals surface area contributed by atoms with Crippen molar-refractivity contribution in [3.05, 3.63) is 85.8 Å². The van der Waals surface area contributed by atoms with Crippen LogP contribution in [-0.2, 0) is 6.61 Å². The number of rotatable bonds is 7. The summed E-state index contributed by atoms with van der Waals surface area (Å²) in [7, 11) is 0. The first-order valence-electron chi connectivity index (χ1n) is 9.28. The van der Waals surface area contributed by atoms with Gasteiger partial charge in [0.05, 0.1) is 21.1 Å². The van der Waals surface area contributed by atoms with Gasteiger partial charge >= 0.3 is 0 Å². The maximum atomic E-state index is 12.7. The van der Waals surface area contributed by atoms with Crippen molar-refractivity contribution in [2.45, 2.75) is 20.5 Å². The SMILES string of the molecule is CCOc1cc(C(=O)Nc2ccc(Cl)c(Cl)c2)cc(Br)c1OCc1ccc(C)cc1. The van der Waals surface area contributed by atoms with Crippen LogP contribution in [-0.4, -0.2) is 12.5 Å². The summed E-state index contributed by atoms with van der Waals surface area (Å²) in [5.74, 6) is 0.724. The second-order valence-corrected chi connectivity index (χ2v) is 8.24. The number of carbonyl (C=O) groups excluding carboxylic acids is 1. The van der Waals surface area contributed by atoms with Gasteiger partial charge in [0, 0.05) is 11.3 Å². The molecule has 3 aromatic carbocycles. The molecular formula is C23H20BrCl2NO3. The molecule has 4 nitrogen and oxygen atoms in total. The number of nitrogens with one attached hydrogen (secondary N) is 1. The average Bonchev–Trinajstić information content (AvgIpc) is 2.71. The Hall–Kier alpha value is -2.21. The molecule has 0 aliphatic heterocycles. The van der Waals surface area contributed by atoms with E-state index in [1.54, 1.807) is 30.3 Å². The Balaban J connectivity index is 1.81. The topological polar surface area (TPSA) is 47.6 Å². The van der Waals surface area contributed by atoms with E-state index in [0.717, 1.165) is 5.56 Å². The second kappa shape index (κ2) is 10.2. The molecule has 0 saturated carbocycles. The largest absolute Gasteiger partial charge is 0.490 e. The minimum atomic E-state index is -0.305. The van der Waals surface area contributed by atoms with Gasteiger partial charge in [0.2, 0.25) is 0 Å². The van der Waals surface area contributed by atoms with Crippen LogP contribution < -0.4 is 14.8 Å². The van der Waals surface area contributed by atoms with E-state index in [-0.39, 0.29) is 5.91 Å². The Bertz CT molecular complexity index is 1060. The summed E-state index contributed by atoms with van der Waals surface area (Å²) in [6.45, 7) is 4.73. The summed E-state index contributed by atoms with van der Waals surface area (Å²) < 4.78 is 12.3. The third-order valence-electron chi connectivity index (χ3n) is 4.25. The van der Waals surface area contributed by atoms with Gasteiger partial charge in [-0.05, 0) is 65.7 Å². The Kier molecular flexibility index (Phi) is 7.64. The number of amides is 1. The van der Waals surface area contributed by atoms with E-state index in [9.17, 15) is 4.79 Å². The van der Waals surface area contributed by atoms with Crippen molar-refractivity contribution in [3.63, 3.8) is 0 Å². The van der Waals surface area contributed by atoms with Crippen LogP contribution in [0.15, 0.2) is 59.1 Å². The summed E-state index contributed by atoms with van der Waals surface area (Å²) in [6.07, 6.45) is 0. The molecule has 0 aromatic heterocycles. The predicted molar refractivity (Wildman–Crippen MR) is 125 cm³/mol. The van der Waals surface area contributed by atoms with E-state index >= 15 is 0 Å². The molecule has 0 radical (unpaired) electrons. The first kappa shape index (κ1) is 22.5. The van der Waals surface area contributed by atoms with Crippen LogP contribution in [0.2, 0.25) is 10.0 Å². The highest BCUT2D eigenvalue weighted by Gasteiger charge is 2.17. The van der Waals surface area contributed by atoms with E-state index in [1.807, 2.05) is 38.1 Å². The molecule has 1 N–H and O–H groups in total. The maximum Gasteiger partial charge on any atom is 0.255 e. The van der Waals surface area contributed by atoms with Crippen LogP contribution in [0.3, 0.4) is 0 Å². The number of aryl methyl sites for hydroxylation is 1. The van der Waals surface area contributed by atoms with E-state index in [2.05, 4.69) is 21.2 Å². The summed E-state index contributed by atoms with van der Waals surface area (Å²) in [5, 5.41) is 3.59. The summed E-state index contributed by atoms with van der Waals surface area (Å²) in [6, 6.07) is 16.4. The molecule has 0 saturated heterocycles. The summed E-state index contributed by atoms with van der Waals surface area (Å²) in [4.78, 5) is 12.7. The van der Waals surface area contributed by atoms with Crippen molar-refractivity contribution >= 4 is 50.7 Å². The molecule has 3 rings (SSSR count). The zero-order valence-electron chi connectivity index (χ0n) is 16.5. The highest BCUT2D eigenvalue weighted by molar-refractivity contribution is 9.10. The lowest BCUT2D eigenvalue weighted by Gasteiger charge is -2.16. The molecule has 0 atom stereocenters. The maximum absolute atomic E-state index is 12.7. The van der Waals surface area contributed by atoms with Gasteiger partial charge < -0.3 is 14.8 Å². The number of ether oxygens (including phenoxy) is 2. The Morgan fingerprint density at radius 2 is 1.73 bits per heavy atom. The molecule has 0 fully saturated rings. The van der Waals surface area contributed by atoms with E-state index in [1.165, 1.54) is 5.56 Å². The van der Waals surface area contributed by atoms with Gasteiger partial charge in [0.1, 0.15) is 6.61 Å². The van der Waals surface area contributed by atoms with Crippen LogP contribution in [0.5, 0.6) is 11.5 Å². The highest BCUT2D eigenvalue weighted by Crippen LogP contribution is 2.38. The van der Waals surface area contributed by atoms with Crippen molar-refractivity contribution in [3.8, 4) is 11.5 Å². The first-order chi connectivity index (χ1) is 14.4. The third kappa shape index (κ3) is 5.69. The van der Waals surface area contributed by atoms with Crippen LogP contribution in [0, 0.1) is 6.92 Å². The summed E-state index contributed by atoms with van der Waals surface area (Å²) in [5.41, 5.74) is 3.19.